The minimum atomic E-state index is -0.271. The topological polar surface area (TPSA) is 62.5 Å². The maximum atomic E-state index is 9.72. The number of fused-ring (bicyclic) bond motifs is 5. The van der Waals surface area contributed by atoms with Crippen molar-refractivity contribution in [1.82, 2.24) is 15.0 Å². The van der Waals surface area contributed by atoms with Crippen LogP contribution in [0.4, 0.5) is 0 Å². The normalized spacial score (nSPS) is 12.7. The predicted molar refractivity (Wildman–Crippen MR) is 224 cm³/mol. The van der Waals surface area contributed by atoms with E-state index in [1.165, 1.54) is 22.3 Å². The Morgan fingerprint density at radius 2 is 0.982 bits per heavy atom. The Balaban J connectivity index is 1.24. The van der Waals surface area contributed by atoms with Crippen molar-refractivity contribution in [3.05, 3.63) is 187 Å². The van der Waals surface area contributed by atoms with Gasteiger partial charge >= 0.3 is 0 Å². The second-order valence-electron chi connectivity index (χ2n) is 14.8. The van der Waals surface area contributed by atoms with Crippen LogP contribution in [-0.4, -0.2) is 15.0 Å². The first-order valence-electron chi connectivity index (χ1n) is 18.6. The summed E-state index contributed by atoms with van der Waals surface area (Å²) in [7, 11) is 0. The van der Waals surface area contributed by atoms with Gasteiger partial charge in [0, 0.05) is 38.4 Å². The third kappa shape index (κ3) is 5.48. The highest BCUT2D eigenvalue weighted by Crippen LogP contribution is 2.50. The summed E-state index contributed by atoms with van der Waals surface area (Å²) in [5, 5.41) is 11.9. The Bertz CT molecular complexity index is 2900. The molecule has 0 unspecified atom stereocenters. The summed E-state index contributed by atoms with van der Waals surface area (Å²) in [6, 6.07) is 61.6. The second kappa shape index (κ2) is 12.7. The van der Waals surface area contributed by atoms with Crippen molar-refractivity contribution in [2.45, 2.75) is 19.3 Å². The van der Waals surface area contributed by atoms with E-state index < -0.39 is 0 Å². The quantitative estimate of drug-likeness (QED) is 0.168. The van der Waals surface area contributed by atoms with Crippen molar-refractivity contribution in [3.8, 4) is 73.4 Å². The molecular weight excluding hydrogens is 669 g/mol. The molecule has 9 aromatic rings. The summed E-state index contributed by atoms with van der Waals surface area (Å²) in [5.74, 6) is 0.678. The summed E-state index contributed by atoms with van der Waals surface area (Å²) in [6.45, 7) is 4.52. The average Bonchev–Trinajstić information content (AvgIpc) is 3.47. The van der Waals surface area contributed by atoms with Crippen molar-refractivity contribution in [3.63, 3.8) is 0 Å². The van der Waals surface area contributed by atoms with Crippen LogP contribution in [-0.2, 0) is 5.41 Å². The monoisotopic (exact) mass is 702 g/mol. The average molecular weight is 703 g/mol. The molecule has 0 amide bonds. The molecule has 4 heteroatoms. The van der Waals surface area contributed by atoms with E-state index in [1.807, 2.05) is 42.5 Å². The largest absolute Gasteiger partial charge is 0.248 e. The summed E-state index contributed by atoms with van der Waals surface area (Å²) < 4.78 is 0. The number of para-hydroxylation sites is 2. The first kappa shape index (κ1) is 32.4. The lowest BCUT2D eigenvalue weighted by atomic mass is 9.81. The van der Waals surface area contributed by atoms with Gasteiger partial charge in [0.1, 0.15) is 0 Å². The molecular formula is C51H34N4. The van der Waals surface area contributed by atoms with E-state index in [9.17, 15) is 5.26 Å². The molecule has 1 aliphatic carbocycles. The maximum Gasteiger partial charge on any atom is 0.160 e. The van der Waals surface area contributed by atoms with Crippen molar-refractivity contribution in [2.24, 2.45) is 0 Å². The van der Waals surface area contributed by atoms with Crippen molar-refractivity contribution >= 4 is 21.8 Å². The fourth-order valence-electron chi connectivity index (χ4n) is 8.29. The smallest absolute Gasteiger partial charge is 0.160 e. The first-order valence-corrected chi connectivity index (χ1v) is 18.6. The number of nitrogens with zero attached hydrogens (tertiary/aromatic N) is 4. The zero-order valence-corrected chi connectivity index (χ0v) is 30.5. The van der Waals surface area contributed by atoms with Gasteiger partial charge in [0.25, 0.3) is 0 Å². The van der Waals surface area contributed by atoms with E-state index in [1.54, 1.807) is 0 Å². The van der Waals surface area contributed by atoms with Crippen LogP contribution >= 0.6 is 0 Å². The molecule has 0 fully saturated rings. The molecule has 0 saturated carbocycles. The number of benzene rings is 7. The van der Waals surface area contributed by atoms with E-state index in [0.717, 1.165) is 72.1 Å². The van der Waals surface area contributed by atoms with Gasteiger partial charge in [0.05, 0.1) is 34.1 Å². The lowest BCUT2D eigenvalue weighted by molar-refractivity contribution is 0.660. The van der Waals surface area contributed by atoms with Gasteiger partial charge < -0.3 is 0 Å². The van der Waals surface area contributed by atoms with Gasteiger partial charge in [-0.2, -0.15) is 5.26 Å². The van der Waals surface area contributed by atoms with Gasteiger partial charge in [-0.3, -0.25) is 0 Å². The zero-order valence-electron chi connectivity index (χ0n) is 30.5. The van der Waals surface area contributed by atoms with Gasteiger partial charge in [-0.05, 0) is 93.5 Å². The molecule has 4 nitrogen and oxygen atoms in total. The first-order chi connectivity index (χ1) is 26.9. The molecule has 0 spiro atoms. The molecule has 258 valence electrons. The lowest BCUT2D eigenvalue weighted by Crippen LogP contribution is -2.15. The fourth-order valence-corrected chi connectivity index (χ4v) is 8.29. The van der Waals surface area contributed by atoms with Gasteiger partial charge in [-0.15, -0.1) is 0 Å². The lowest BCUT2D eigenvalue weighted by Gasteiger charge is -2.22. The standard InChI is InChI=1S/C51H34N4/c1-51(2)43-25-32(31-52)21-23-39(43)40-24-22-35(29-44(40)51)36-26-37(28-38(27-36)49-41-17-9-11-19-45(41)53-46-20-12-10-18-42(46)49)48-30-47(33-13-5-3-6-14-33)54-50(55-48)34-15-7-4-8-16-34/h3-30H,1-2H3. The Morgan fingerprint density at radius 1 is 0.436 bits per heavy atom. The molecule has 10 rings (SSSR count). The highest BCUT2D eigenvalue weighted by Gasteiger charge is 2.36. The molecule has 0 bridgehead atoms. The second-order valence-corrected chi connectivity index (χ2v) is 14.8. The van der Waals surface area contributed by atoms with Gasteiger partial charge in [0.2, 0.25) is 0 Å². The SMILES string of the molecule is CC1(C)c2cc(C#N)ccc2-c2ccc(-c3cc(-c4cc(-c5ccccc5)nc(-c5ccccc5)n4)cc(-c4c5ccccc5nc5ccccc45)c3)cc21. The highest BCUT2D eigenvalue weighted by molar-refractivity contribution is 6.10. The van der Waals surface area contributed by atoms with Crippen LogP contribution in [0.1, 0.15) is 30.5 Å². The molecule has 0 radical (unpaired) electrons. The van der Waals surface area contributed by atoms with Crippen LogP contribution in [0.2, 0.25) is 0 Å². The molecule has 2 aromatic heterocycles. The van der Waals surface area contributed by atoms with Crippen LogP contribution in [0.3, 0.4) is 0 Å². The van der Waals surface area contributed by atoms with Crippen molar-refractivity contribution in [1.29, 1.82) is 5.26 Å². The summed E-state index contributed by atoms with van der Waals surface area (Å²) in [4.78, 5) is 15.4. The Morgan fingerprint density at radius 3 is 1.65 bits per heavy atom. The highest BCUT2D eigenvalue weighted by atomic mass is 14.9. The minimum Gasteiger partial charge on any atom is -0.248 e. The molecule has 0 N–H and O–H groups in total. The number of hydrogen-bond acceptors (Lipinski definition) is 4. The number of hydrogen-bond donors (Lipinski definition) is 0. The number of nitriles is 1. The summed E-state index contributed by atoms with van der Waals surface area (Å²) in [5.41, 5.74) is 16.3. The predicted octanol–water partition coefficient (Wildman–Crippen LogP) is 12.7. The molecule has 55 heavy (non-hydrogen) atoms. The third-order valence-corrected chi connectivity index (χ3v) is 11.1. The fraction of sp³-hybridized carbons (Fsp3) is 0.0588. The number of rotatable bonds is 5. The van der Waals surface area contributed by atoms with Crippen LogP contribution < -0.4 is 0 Å². The van der Waals surface area contributed by atoms with E-state index in [2.05, 4.69) is 147 Å². The summed E-state index contributed by atoms with van der Waals surface area (Å²) >= 11 is 0. The Hall–Kier alpha value is -7.22. The molecule has 2 heterocycles. The van der Waals surface area contributed by atoms with E-state index in [0.29, 0.717) is 11.4 Å². The molecule has 0 aliphatic heterocycles. The number of aromatic nitrogens is 3. The van der Waals surface area contributed by atoms with Crippen LogP contribution in [0.15, 0.2) is 170 Å². The Kier molecular flexibility index (Phi) is 7.50. The minimum absolute atomic E-state index is 0.271. The Labute approximate surface area is 320 Å². The van der Waals surface area contributed by atoms with Crippen molar-refractivity contribution < 1.29 is 0 Å². The molecule has 1 aliphatic rings. The van der Waals surface area contributed by atoms with Crippen LogP contribution in [0, 0.1) is 11.3 Å². The van der Waals surface area contributed by atoms with Gasteiger partial charge in [-0.25, -0.2) is 15.0 Å². The molecule has 7 aromatic carbocycles. The number of pyridine rings is 1. The van der Waals surface area contributed by atoms with Gasteiger partial charge in [-0.1, -0.05) is 129 Å². The van der Waals surface area contributed by atoms with E-state index in [4.69, 9.17) is 15.0 Å². The maximum absolute atomic E-state index is 9.72. The van der Waals surface area contributed by atoms with Crippen LogP contribution in [0.25, 0.3) is 89.1 Å². The van der Waals surface area contributed by atoms with E-state index in [-0.39, 0.29) is 5.41 Å². The molecule has 0 saturated heterocycles. The molecule has 0 atom stereocenters. The van der Waals surface area contributed by atoms with Crippen molar-refractivity contribution in [2.75, 3.05) is 0 Å². The zero-order chi connectivity index (χ0) is 37.1. The van der Waals surface area contributed by atoms with E-state index >= 15 is 0 Å². The third-order valence-electron chi connectivity index (χ3n) is 11.1. The summed E-state index contributed by atoms with van der Waals surface area (Å²) in [6.07, 6.45) is 0. The van der Waals surface area contributed by atoms with Crippen LogP contribution in [0.5, 0.6) is 0 Å². The van der Waals surface area contributed by atoms with Gasteiger partial charge in [0.15, 0.2) is 5.82 Å².